The van der Waals surface area contributed by atoms with Gasteiger partial charge < -0.3 is 5.32 Å². The van der Waals surface area contributed by atoms with Gasteiger partial charge in [0.15, 0.2) is 5.82 Å². The van der Waals surface area contributed by atoms with Crippen molar-refractivity contribution in [2.75, 3.05) is 18.9 Å². The van der Waals surface area contributed by atoms with Gasteiger partial charge >= 0.3 is 6.18 Å². The summed E-state index contributed by atoms with van der Waals surface area (Å²) in [5.41, 5.74) is -0.464. The summed E-state index contributed by atoms with van der Waals surface area (Å²) < 4.78 is 65.5. The Kier molecular flexibility index (Phi) is 6.58. The van der Waals surface area contributed by atoms with Gasteiger partial charge in [0.2, 0.25) is 15.9 Å². The van der Waals surface area contributed by atoms with Gasteiger partial charge in [-0.25, -0.2) is 13.4 Å². The Labute approximate surface area is 186 Å². The molecule has 0 bridgehead atoms. The van der Waals surface area contributed by atoms with Crippen molar-refractivity contribution in [1.29, 1.82) is 0 Å². The zero-order chi connectivity index (χ0) is 23.7. The first-order valence-corrected chi connectivity index (χ1v) is 10.8. The molecule has 32 heavy (non-hydrogen) atoms. The molecule has 0 aliphatic heterocycles. The van der Waals surface area contributed by atoms with Crippen LogP contribution in [0, 0.1) is 6.92 Å². The largest absolute Gasteiger partial charge is 0.417 e. The van der Waals surface area contributed by atoms with Crippen LogP contribution in [0.15, 0.2) is 53.6 Å². The average molecular weight is 488 g/mol. The number of nitrogens with one attached hydrogen (secondary N) is 1. The van der Waals surface area contributed by atoms with Crippen LogP contribution in [-0.2, 0) is 21.0 Å². The SMILES string of the molecule is Cc1cc(NC(=O)CN(C)S(=O)(=O)c2ccc(Cl)cc2)n(-c2ccc(C(F)(F)F)cn2)n1. The molecule has 0 unspecified atom stereocenters. The standard InChI is InChI=1S/C19H17ClF3N5O3S/c1-12-9-17(28(26-12)16-8-3-13(10-24-16)19(21,22)23)25-18(29)11-27(2)32(30,31)15-6-4-14(20)5-7-15/h3-10H,11H2,1-2H3,(H,25,29). The predicted molar refractivity (Wildman–Crippen MR) is 111 cm³/mol. The Morgan fingerprint density at radius 2 is 1.84 bits per heavy atom. The van der Waals surface area contributed by atoms with Crippen LogP contribution >= 0.6 is 11.6 Å². The van der Waals surface area contributed by atoms with Crippen molar-refractivity contribution < 1.29 is 26.4 Å². The van der Waals surface area contributed by atoms with E-state index in [2.05, 4.69) is 15.4 Å². The second kappa shape index (κ2) is 8.88. The number of rotatable bonds is 6. The van der Waals surface area contributed by atoms with Crippen molar-refractivity contribution in [3.8, 4) is 5.82 Å². The second-order valence-electron chi connectivity index (χ2n) is 6.75. The van der Waals surface area contributed by atoms with Crippen molar-refractivity contribution in [2.45, 2.75) is 18.0 Å². The maximum atomic E-state index is 12.8. The van der Waals surface area contributed by atoms with E-state index in [1.807, 2.05) is 0 Å². The highest BCUT2D eigenvalue weighted by Crippen LogP contribution is 2.29. The Bertz CT molecular complexity index is 1230. The number of alkyl halides is 3. The fourth-order valence-electron chi connectivity index (χ4n) is 2.70. The third kappa shape index (κ3) is 5.26. The number of anilines is 1. The first kappa shape index (κ1) is 23.7. The molecule has 170 valence electrons. The summed E-state index contributed by atoms with van der Waals surface area (Å²) >= 11 is 5.77. The second-order valence-corrected chi connectivity index (χ2v) is 9.23. The van der Waals surface area contributed by atoms with E-state index in [4.69, 9.17) is 11.6 Å². The number of nitrogens with zero attached hydrogens (tertiary/aromatic N) is 4. The molecule has 0 aliphatic carbocycles. The quantitative estimate of drug-likeness (QED) is 0.574. The summed E-state index contributed by atoms with van der Waals surface area (Å²) in [6, 6.07) is 8.91. The molecular weight excluding hydrogens is 471 g/mol. The van der Waals surface area contributed by atoms with Crippen LogP contribution in [0.2, 0.25) is 5.02 Å². The number of sulfonamides is 1. The molecule has 0 saturated carbocycles. The maximum absolute atomic E-state index is 12.8. The molecule has 2 aromatic heterocycles. The van der Waals surface area contributed by atoms with Gasteiger partial charge in [-0.15, -0.1) is 0 Å². The zero-order valence-electron chi connectivity index (χ0n) is 16.8. The normalized spacial score (nSPS) is 12.2. The minimum Gasteiger partial charge on any atom is -0.309 e. The number of halogens is 4. The molecule has 3 aromatic rings. The van der Waals surface area contributed by atoms with Crippen molar-refractivity contribution >= 4 is 33.3 Å². The Hall–Kier alpha value is -2.96. The van der Waals surface area contributed by atoms with Crippen LogP contribution in [-0.4, -0.2) is 47.0 Å². The number of carbonyl (C=O) groups excluding carboxylic acids is 1. The highest BCUT2D eigenvalue weighted by atomic mass is 35.5. The first-order valence-electron chi connectivity index (χ1n) is 9.00. The van der Waals surface area contributed by atoms with Crippen LogP contribution in [0.1, 0.15) is 11.3 Å². The first-order chi connectivity index (χ1) is 14.9. The van der Waals surface area contributed by atoms with E-state index in [1.54, 1.807) is 6.92 Å². The topological polar surface area (TPSA) is 97.2 Å². The third-order valence-corrected chi connectivity index (χ3v) is 6.35. The molecule has 0 aliphatic rings. The summed E-state index contributed by atoms with van der Waals surface area (Å²) in [6.07, 6.45) is -3.88. The predicted octanol–water partition coefficient (Wildman–Crippen LogP) is 3.51. The highest BCUT2D eigenvalue weighted by molar-refractivity contribution is 7.89. The summed E-state index contributed by atoms with van der Waals surface area (Å²) in [5.74, 6) is -0.515. The molecule has 3 rings (SSSR count). The lowest BCUT2D eigenvalue weighted by molar-refractivity contribution is -0.137. The van der Waals surface area contributed by atoms with Gasteiger partial charge in [-0.1, -0.05) is 11.6 Å². The highest BCUT2D eigenvalue weighted by Gasteiger charge is 2.31. The fraction of sp³-hybridized carbons (Fsp3) is 0.211. The molecular formula is C19H17ClF3N5O3S. The monoisotopic (exact) mass is 487 g/mol. The van der Waals surface area contributed by atoms with Crippen LogP contribution in [0.5, 0.6) is 0 Å². The number of aryl methyl sites for hydroxylation is 1. The van der Waals surface area contributed by atoms with Gasteiger partial charge in [-0.3, -0.25) is 4.79 Å². The van der Waals surface area contributed by atoms with E-state index in [-0.39, 0.29) is 16.5 Å². The van der Waals surface area contributed by atoms with Crippen molar-refractivity contribution in [3.05, 3.63) is 64.9 Å². The fourth-order valence-corrected chi connectivity index (χ4v) is 3.95. The van der Waals surface area contributed by atoms with E-state index >= 15 is 0 Å². The number of benzene rings is 1. The average Bonchev–Trinajstić information content (AvgIpc) is 3.07. The number of carbonyl (C=O) groups is 1. The van der Waals surface area contributed by atoms with E-state index in [1.165, 1.54) is 37.4 Å². The summed E-state index contributed by atoms with van der Waals surface area (Å²) in [5, 5.41) is 7.00. The molecule has 0 radical (unpaired) electrons. The van der Waals surface area contributed by atoms with Crippen molar-refractivity contribution in [1.82, 2.24) is 19.1 Å². The Balaban J connectivity index is 1.76. The minimum absolute atomic E-state index is 0.0351. The van der Waals surface area contributed by atoms with E-state index in [9.17, 15) is 26.4 Å². The van der Waals surface area contributed by atoms with Gasteiger partial charge in [0.1, 0.15) is 5.82 Å². The Morgan fingerprint density at radius 1 is 1.19 bits per heavy atom. The lowest BCUT2D eigenvalue weighted by Gasteiger charge is -2.17. The maximum Gasteiger partial charge on any atom is 0.417 e. The molecule has 2 heterocycles. The number of pyridine rings is 1. The number of aromatic nitrogens is 3. The number of likely N-dealkylation sites (N-methyl/N-ethyl adjacent to an activating group) is 1. The van der Waals surface area contributed by atoms with Crippen LogP contribution in [0.3, 0.4) is 0 Å². The van der Waals surface area contributed by atoms with Gasteiger partial charge in [0.05, 0.1) is 22.7 Å². The van der Waals surface area contributed by atoms with Crippen molar-refractivity contribution in [2.24, 2.45) is 0 Å². The molecule has 1 N–H and O–H groups in total. The zero-order valence-corrected chi connectivity index (χ0v) is 18.3. The van der Waals surface area contributed by atoms with E-state index < -0.39 is 34.2 Å². The van der Waals surface area contributed by atoms with Crippen LogP contribution in [0.25, 0.3) is 5.82 Å². The molecule has 0 saturated heterocycles. The molecule has 0 atom stereocenters. The lowest BCUT2D eigenvalue weighted by Crippen LogP contribution is -2.35. The van der Waals surface area contributed by atoms with Gasteiger partial charge in [-0.05, 0) is 43.3 Å². The van der Waals surface area contributed by atoms with E-state index in [0.717, 1.165) is 21.1 Å². The molecule has 1 amide bonds. The van der Waals surface area contributed by atoms with Crippen molar-refractivity contribution in [3.63, 3.8) is 0 Å². The number of hydrogen-bond acceptors (Lipinski definition) is 5. The van der Waals surface area contributed by atoms with Gasteiger partial charge in [-0.2, -0.15) is 27.3 Å². The minimum atomic E-state index is -4.54. The third-order valence-electron chi connectivity index (χ3n) is 4.28. The number of amides is 1. The summed E-state index contributed by atoms with van der Waals surface area (Å²) in [7, 11) is -2.71. The molecule has 8 nitrogen and oxygen atoms in total. The van der Waals surface area contributed by atoms with Gasteiger partial charge in [0.25, 0.3) is 0 Å². The molecule has 1 aromatic carbocycles. The summed E-state index contributed by atoms with van der Waals surface area (Å²) in [4.78, 5) is 16.2. The van der Waals surface area contributed by atoms with E-state index in [0.29, 0.717) is 16.9 Å². The lowest BCUT2D eigenvalue weighted by atomic mass is 10.3. The number of hydrogen-bond donors (Lipinski definition) is 1. The Morgan fingerprint density at radius 3 is 2.41 bits per heavy atom. The summed E-state index contributed by atoms with van der Waals surface area (Å²) in [6.45, 7) is 1.10. The van der Waals surface area contributed by atoms with Crippen LogP contribution < -0.4 is 5.32 Å². The van der Waals surface area contributed by atoms with Gasteiger partial charge in [0, 0.05) is 24.3 Å². The molecule has 0 spiro atoms. The molecule has 0 fully saturated rings. The molecule has 13 heteroatoms. The smallest absolute Gasteiger partial charge is 0.309 e. The van der Waals surface area contributed by atoms with Crippen LogP contribution in [0.4, 0.5) is 19.0 Å².